The van der Waals surface area contributed by atoms with Crippen molar-refractivity contribution < 1.29 is 4.79 Å². The van der Waals surface area contributed by atoms with Crippen molar-refractivity contribution in [1.29, 1.82) is 0 Å². The average molecular weight is 309 g/mol. The molecule has 0 unspecified atom stereocenters. The van der Waals surface area contributed by atoms with E-state index in [4.69, 9.17) is 0 Å². The van der Waals surface area contributed by atoms with Crippen LogP contribution in [0.25, 0.3) is 0 Å². The Morgan fingerprint density at radius 2 is 2.10 bits per heavy atom. The van der Waals surface area contributed by atoms with Gasteiger partial charge in [0.2, 0.25) is 0 Å². The molecule has 2 amide bonds. The number of nitrogens with one attached hydrogen (secondary N) is 2. The van der Waals surface area contributed by atoms with Gasteiger partial charge in [-0.25, -0.2) is 4.79 Å². The lowest BCUT2D eigenvalue weighted by Gasteiger charge is -2.21. The fourth-order valence-corrected chi connectivity index (χ4v) is 3.98. The zero-order chi connectivity index (χ0) is 15.6. The van der Waals surface area contributed by atoms with Crippen molar-refractivity contribution in [2.75, 3.05) is 13.1 Å². The van der Waals surface area contributed by atoms with Crippen LogP contribution in [0.3, 0.4) is 0 Å². The van der Waals surface area contributed by atoms with Gasteiger partial charge in [-0.05, 0) is 52.7 Å². The monoisotopic (exact) mass is 309 g/mol. The van der Waals surface area contributed by atoms with Gasteiger partial charge >= 0.3 is 6.03 Å². The molecule has 1 fully saturated rings. The summed E-state index contributed by atoms with van der Waals surface area (Å²) >= 11 is 1.78. The van der Waals surface area contributed by atoms with Gasteiger partial charge in [-0.3, -0.25) is 4.90 Å². The van der Waals surface area contributed by atoms with Crippen LogP contribution in [0.5, 0.6) is 0 Å². The summed E-state index contributed by atoms with van der Waals surface area (Å²) in [5.41, 5.74) is 1.22. The van der Waals surface area contributed by atoms with Crippen LogP contribution in [0.2, 0.25) is 0 Å². The molecule has 2 heterocycles. The zero-order valence-electron chi connectivity index (χ0n) is 13.7. The van der Waals surface area contributed by atoms with E-state index in [1.54, 1.807) is 11.3 Å². The zero-order valence-corrected chi connectivity index (χ0v) is 14.5. The number of aryl methyl sites for hydroxylation is 2. The molecular weight excluding hydrogens is 282 g/mol. The number of thiophene rings is 1. The van der Waals surface area contributed by atoms with Crippen molar-refractivity contribution in [3.8, 4) is 0 Å². The first-order valence-electron chi connectivity index (χ1n) is 7.74. The van der Waals surface area contributed by atoms with Crippen molar-refractivity contribution in [2.24, 2.45) is 0 Å². The summed E-state index contributed by atoms with van der Waals surface area (Å²) in [6.07, 6.45) is 1.04. The number of urea groups is 1. The molecule has 1 saturated heterocycles. The first-order chi connectivity index (χ1) is 9.86. The first-order valence-corrected chi connectivity index (χ1v) is 8.56. The van der Waals surface area contributed by atoms with Crippen LogP contribution >= 0.6 is 11.3 Å². The van der Waals surface area contributed by atoms with E-state index in [2.05, 4.69) is 49.3 Å². The Morgan fingerprint density at radius 3 is 2.62 bits per heavy atom. The van der Waals surface area contributed by atoms with Crippen molar-refractivity contribution in [2.45, 2.75) is 59.2 Å². The number of hydrogen-bond acceptors (Lipinski definition) is 3. The third kappa shape index (κ3) is 4.20. The molecule has 0 saturated carbocycles. The van der Waals surface area contributed by atoms with Crippen LogP contribution < -0.4 is 10.6 Å². The number of amides is 2. The van der Waals surface area contributed by atoms with E-state index in [0.29, 0.717) is 6.04 Å². The van der Waals surface area contributed by atoms with E-state index >= 15 is 0 Å². The standard InChI is InChI=1S/C16H27N3OS/c1-10(2)19-7-6-14(9-19)18-16(20)17-12(4)15-8-11(3)21-13(15)5/h8,10,12,14H,6-7,9H2,1-5H3,(H2,17,18,20)/t12-,14+/m0/s1. The molecule has 5 heteroatoms. The van der Waals surface area contributed by atoms with Crippen LogP contribution in [-0.2, 0) is 0 Å². The molecule has 1 aliphatic heterocycles. The van der Waals surface area contributed by atoms with Crippen LogP contribution in [0, 0.1) is 13.8 Å². The molecule has 0 spiro atoms. The Kier molecular flexibility index (Phi) is 5.27. The molecule has 0 radical (unpaired) electrons. The maximum Gasteiger partial charge on any atom is 0.315 e. The van der Waals surface area contributed by atoms with Gasteiger partial charge in [0.25, 0.3) is 0 Å². The van der Waals surface area contributed by atoms with Crippen LogP contribution in [0.15, 0.2) is 6.07 Å². The Labute approximate surface area is 131 Å². The molecule has 1 aromatic rings. The molecule has 2 atom stereocenters. The highest BCUT2D eigenvalue weighted by Gasteiger charge is 2.25. The molecule has 118 valence electrons. The van der Waals surface area contributed by atoms with Crippen molar-refractivity contribution in [1.82, 2.24) is 15.5 Å². The number of carbonyl (C=O) groups is 1. The fourth-order valence-electron chi connectivity index (χ4n) is 2.96. The quantitative estimate of drug-likeness (QED) is 0.897. The Balaban J connectivity index is 1.83. The smallest absolute Gasteiger partial charge is 0.315 e. The highest BCUT2D eigenvalue weighted by molar-refractivity contribution is 7.12. The molecule has 21 heavy (non-hydrogen) atoms. The summed E-state index contributed by atoms with van der Waals surface area (Å²) in [7, 11) is 0. The first kappa shape index (κ1) is 16.3. The van der Waals surface area contributed by atoms with Gasteiger partial charge in [-0.15, -0.1) is 11.3 Å². The molecule has 0 aliphatic carbocycles. The second-order valence-electron chi connectivity index (χ2n) is 6.28. The number of rotatable bonds is 4. The van der Waals surface area contributed by atoms with Crippen molar-refractivity contribution in [3.05, 3.63) is 21.4 Å². The summed E-state index contributed by atoms with van der Waals surface area (Å²) in [5, 5.41) is 6.16. The number of carbonyl (C=O) groups excluding carboxylic acids is 1. The minimum Gasteiger partial charge on any atom is -0.334 e. The van der Waals surface area contributed by atoms with Gasteiger partial charge in [0.05, 0.1) is 6.04 Å². The highest BCUT2D eigenvalue weighted by atomic mass is 32.1. The van der Waals surface area contributed by atoms with Gasteiger partial charge in [0.1, 0.15) is 0 Å². The third-order valence-corrected chi connectivity index (χ3v) is 5.16. The second kappa shape index (κ2) is 6.79. The average Bonchev–Trinajstić information content (AvgIpc) is 2.95. The van der Waals surface area contributed by atoms with E-state index in [-0.39, 0.29) is 18.1 Å². The maximum atomic E-state index is 12.1. The molecule has 2 N–H and O–H groups in total. The van der Waals surface area contributed by atoms with E-state index in [1.807, 2.05) is 6.92 Å². The molecule has 1 aromatic heterocycles. The lowest BCUT2D eigenvalue weighted by atomic mass is 10.1. The maximum absolute atomic E-state index is 12.1. The van der Waals surface area contributed by atoms with E-state index in [9.17, 15) is 4.79 Å². The second-order valence-corrected chi connectivity index (χ2v) is 7.74. The summed E-state index contributed by atoms with van der Waals surface area (Å²) in [6.45, 7) is 12.7. The van der Waals surface area contributed by atoms with Gasteiger partial charge in [0, 0.05) is 34.9 Å². The Bertz CT molecular complexity index is 498. The van der Waals surface area contributed by atoms with Gasteiger partial charge in [-0.2, -0.15) is 0 Å². The predicted molar refractivity (Wildman–Crippen MR) is 89.0 cm³/mol. The molecule has 0 aromatic carbocycles. The molecular formula is C16H27N3OS. The van der Waals surface area contributed by atoms with Crippen LogP contribution in [0.4, 0.5) is 4.79 Å². The van der Waals surface area contributed by atoms with Crippen LogP contribution in [0.1, 0.15) is 48.6 Å². The van der Waals surface area contributed by atoms with E-state index in [1.165, 1.54) is 15.3 Å². The number of likely N-dealkylation sites (tertiary alicyclic amines) is 1. The Hall–Kier alpha value is -1.07. The lowest BCUT2D eigenvalue weighted by molar-refractivity contribution is 0.231. The van der Waals surface area contributed by atoms with Gasteiger partial charge in [0.15, 0.2) is 0 Å². The highest BCUT2D eigenvalue weighted by Crippen LogP contribution is 2.26. The molecule has 0 bridgehead atoms. The Morgan fingerprint density at radius 1 is 1.38 bits per heavy atom. The largest absolute Gasteiger partial charge is 0.334 e. The molecule has 1 aliphatic rings. The third-order valence-electron chi connectivity index (χ3n) is 4.18. The summed E-state index contributed by atoms with van der Waals surface area (Å²) in [6, 6.07) is 2.99. The fraction of sp³-hybridized carbons (Fsp3) is 0.688. The summed E-state index contributed by atoms with van der Waals surface area (Å²) in [5.74, 6) is 0. The van der Waals surface area contributed by atoms with Crippen molar-refractivity contribution >= 4 is 17.4 Å². The number of nitrogens with zero attached hydrogens (tertiary/aromatic N) is 1. The minimum atomic E-state index is -0.0543. The van der Waals surface area contributed by atoms with Gasteiger partial charge < -0.3 is 10.6 Å². The topological polar surface area (TPSA) is 44.4 Å². The van der Waals surface area contributed by atoms with Crippen molar-refractivity contribution in [3.63, 3.8) is 0 Å². The number of hydrogen-bond donors (Lipinski definition) is 2. The molecule has 4 nitrogen and oxygen atoms in total. The van der Waals surface area contributed by atoms with Gasteiger partial charge in [-0.1, -0.05) is 0 Å². The normalized spacial score (nSPS) is 20.8. The van der Waals surface area contributed by atoms with Crippen LogP contribution in [-0.4, -0.2) is 36.1 Å². The lowest BCUT2D eigenvalue weighted by Crippen LogP contribution is -2.44. The van der Waals surface area contributed by atoms with E-state index in [0.717, 1.165) is 19.5 Å². The predicted octanol–water partition coefficient (Wildman–Crippen LogP) is 3.21. The molecule has 2 rings (SSSR count). The SMILES string of the molecule is Cc1cc([C@H](C)NC(=O)N[C@@H]2CCN(C(C)C)C2)c(C)s1. The summed E-state index contributed by atoms with van der Waals surface area (Å²) in [4.78, 5) is 17.1. The summed E-state index contributed by atoms with van der Waals surface area (Å²) < 4.78 is 0. The van der Waals surface area contributed by atoms with E-state index < -0.39 is 0 Å². The minimum absolute atomic E-state index is 0.0533.